The normalized spacial score (nSPS) is 16.7. The van der Waals surface area contributed by atoms with E-state index in [1.54, 1.807) is 51.7 Å². The van der Waals surface area contributed by atoms with E-state index in [-0.39, 0.29) is 12.5 Å². The zero-order valence-electron chi connectivity index (χ0n) is 16.6. The van der Waals surface area contributed by atoms with Crippen LogP contribution in [-0.2, 0) is 21.2 Å². The van der Waals surface area contributed by atoms with Crippen LogP contribution in [0.4, 0.5) is 5.69 Å². The molecule has 1 fully saturated rings. The van der Waals surface area contributed by atoms with Crippen molar-refractivity contribution in [2.45, 2.75) is 30.6 Å². The molecule has 2 aromatic carbocycles. The van der Waals surface area contributed by atoms with E-state index in [0.717, 1.165) is 30.5 Å². The molecule has 0 aliphatic carbocycles. The Morgan fingerprint density at radius 2 is 1.87 bits per heavy atom. The van der Waals surface area contributed by atoms with E-state index >= 15 is 0 Å². The number of nitrogens with zero attached hydrogens (tertiary/aromatic N) is 3. The molecule has 1 amide bonds. The Balaban J connectivity index is 1.46. The Labute approximate surface area is 176 Å². The summed E-state index contributed by atoms with van der Waals surface area (Å²) in [4.78, 5) is 14.6. The largest absolute Gasteiger partial charge is 0.484 e. The van der Waals surface area contributed by atoms with Crippen LogP contribution < -0.4 is 9.64 Å². The molecule has 8 heteroatoms. The van der Waals surface area contributed by atoms with Gasteiger partial charge in [-0.05, 0) is 61.2 Å². The minimum absolute atomic E-state index is 0.151. The Morgan fingerprint density at radius 3 is 2.63 bits per heavy atom. The van der Waals surface area contributed by atoms with Gasteiger partial charge < -0.3 is 9.64 Å². The van der Waals surface area contributed by atoms with Crippen molar-refractivity contribution in [1.82, 2.24) is 4.31 Å². The van der Waals surface area contributed by atoms with Crippen LogP contribution in [0.2, 0.25) is 0 Å². The lowest BCUT2D eigenvalue weighted by Crippen LogP contribution is -2.35. The predicted molar refractivity (Wildman–Crippen MR) is 112 cm³/mol. The monoisotopic (exact) mass is 425 g/mol. The molecule has 2 aromatic rings. The van der Waals surface area contributed by atoms with Gasteiger partial charge in [-0.15, -0.1) is 0 Å². The number of benzene rings is 2. The lowest BCUT2D eigenvalue weighted by Gasteiger charge is -2.26. The molecule has 0 spiro atoms. The highest BCUT2D eigenvalue weighted by Crippen LogP contribution is 2.32. The number of hydrogen-bond acceptors (Lipinski definition) is 5. The minimum atomic E-state index is -3.50. The van der Waals surface area contributed by atoms with Gasteiger partial charge in [0.05, 0.1) is 16.5 Å². The van der Waals surface area contributed by atoms with Crippen molar-refractivity contribution in [2.24, 2.45) is 0 Å². The van der Waals surface area contributed by atoms with E-state index in [1.165, 1.54) is 0 Å². The first-order chi connectivity index (χ1) is 14.5. The van der Waals surface area contributed by atoms with Gasteiger partial charge >= 0.3 is 0 Å². The van der Waals surface area contributed by atoms with Gasteiger partial charge in [-0.2, -0.15) is 9.57 Å². The summed E-state index contributed by atoms with van der Waals surface area (Å²) in [6.45, 7) is 1.47. The molecule has 2 aliphatic heterocycles. The van der Waals surface area contributed by atoms with E-state index in [4.69, 9.17) is 10.00 Å². The number of anilines is 1. The van der Waals surface area contributed by atoms with Crippen molar-refractivity contribution in [3.8, 4) is 11.8 Å². The average molecular weight is 426 g/mol. The Bertz CT molecular complexity index is 1100. The Morgan fingerprint density at radius 1 is 1.07 bits per heavy atom. The van der Waals surface area contributed by atoms with Crippen LogP contribution in [0.1, 0.15) is 30.4 Å². The third-order valence-corrected chi connectivity index (χ3v) is 7.42. The molecular formula is C22H23N3O4S. The summed E-state index contributed by atoms with van der Waals surface area (Å²) in [5.41, 5.74) is 2.05. The van der Waals surface area contributed by atoms with Crippen molar-refractivity contribution in [3.05, 3.63) is 53.6 Å². The van der Waals surface area contributed by atoms with Crippen molar-refractivity contribution in [3.63, 3.8) is 0 Å². The van der Waals surface area contributed by atoms with Gasteiger partial charge in [0.25, 0.3) is 5.91 Å². The topological polar surface area (TPSA) is 90.7 Å². The third-order valence-electron chi connectivity index (χ3n) is 5.53. The number of ether oxygens (including phenoxy) is 1. The van der Waals surface area contributed by atoms with E-state index in [0.29, 0.717) is 42.3 Å². The number of nitriles is 1. The zero-order valence-corrected chi connectivity index (χ0v) is 17.4. The van der Waals surface area contributed by atoms with Crippen molar-refractivity contribution in [1.29, 1.82) is 5.26 Å². The van der Waals surface area contributed by atoms with Gasteiger partial charge in [0, 0.05) is 25.3 Å². The molecule has 0 saturated carbocycles. The van der Waals surface area contributed by atoms with Crippen LogP contribution in [-0.4, -0.2) is 44.9 Å². The number of piperidine rings is 1. The number of sulfonamides is 1. The van der Waals surface area contributed by atoms with Crippen molar-refractivity contribution >= 4 is 21.6 Å². The molecule has 1 saturated heterocycles. The first-order valence-corrected chi connectivity index (χ1v) is 11.5. The maximum Gasteiger partial charge on any atom is 0.264 e. The standard InChI is InChI=1S/C22H23N3O4S/c23-15-17-5-4-6-19(13-17)29-16-22(26)25-12-9-18-14-20(7-8-21(18)25)30(27,28)24-10-2-1-3-11-24/h4-8,13-14H,1-3,9-12,16H2. The van der Waals surface area contributed by atoms with E-state index in [1.807, 2.05) is 6.07 Å². The van der Waals surface area contributed by atoms with Crippen LogP contribution in [0.5, 0.6) is 5.75 Å². The molecule has 2 aliphatic rings. The molecule has 7 nitrogen and oxygen atoms in total. The SMILES string of the molecule is N#Cc1cccc(OCC(=O)N2CCc3cc(S(=O)(=O)N4CCCCC4)ccc32)c1. The molecule has 0 atom stereocenters. The minimum Gasteiger partial charge on any atom is -0.484 e. The number of hydrogen-bond donors (Lipinski definition) is 0. The van der Waals surface area contributed by atoms with E-state index in [9.17, 15) is 13.2 Å². The summed E-state index contributed by atoms with van der Waals surface area (Å²) in [5, 5.41) is 8.96. The average Bonchev–Trinajstić information content (AvgIpc) is 3.21. The molecule has 0 bridgehead atoms. The summed E-state index contributed by atoms with van der Waals surface area (Å²) < 4.78 is 32.9. The lowest BCUT2D eigenvalue weighted by molar-refractivity contribution is -0.120. The number of fused-ring (bicyclic) bond motifs is 1. The second-order valence-corrected chi connectivity index (χ2v) is 9.42. The maximum absolute atomic E-state index is 12.9. The van der Waals surface area contributed by atoms with Crippen molar-refractivity contribution < 1.29 is 17.9 Å². The molecule has 4 rings (SSSR count). The Kier molecular flexibility index (Phi) is 5.75. The second-order valence-electron chi connectivity index (χ2n) is 7.48. The van der Waals surface area contributed by atoms with E-state index in [2.05, 4.69) is 0 Å². The number of carbonyl (C=O) groups is 1. The fourth-order valence-electron chi connectivity index (χ4n) is 3.93. The van der Waals surface area contributed by atoms with Gasteiger partial charge in [-0.3, -0.25) is 4.79 Å². The van der Waals surface area contributed by atoms with Gasteiger partial charge in [0.15, 0.2) is 6.61 Å². The maximum atomic E-state index is 12.9. The van der Waals surface area contributed by atoms with Crippen LogP contribution in [0, 0.1) is 11.3 Å². The van der Waals surface area contributed by atoms with E-state index < -0.39 is 10.0 Å². The highest BCUT2D eigenvalue weighted by atomic mass is 32.2. The van der Waals surface area contributed by atoms with Crippen LogP contribution >= 0.6 is 0 Å². The first kappa shape index (κ1) is 20.4. The van der Waals surface area contributed by atoms with Crippen LogP contribution in [0.3, 0.4) is 0 Å². The fourth-order valence-corrected chi connectivity index (χ4v) is 5.50. The molecule has 0 N–H and O–H groups in total. The number of rotatable bonds is 5. The molecule has 156 valence electrons. The highest BCUT2D eigenvalue weighted by Gasteiger charge is 2.30. The molecule has 0 radical (unpaired) electrons. The van der Waals surface area contributed by atoms with Gasteiger partial charge in [0.2, 0.25) is 10.0 Å². The number of carbonyl (C=O) groups excluding carboxylic acids is 1. The smallest absolute Gasteiger partial charge is 0.264 e. The zero-order chi connectivity index (χ0) is 21.1. The number of amides is 1. The molecule has 0 aromatic heterocycles. The molecule has 30 heavy (non-hydrogen) atoms. The van der Waals surface area contributed by atoms with Crippen LogP contribution in [0.25, 0.3) is 0 Å². The van der Waals surface area contributed by atoms with Gasteiger partial charge in [0.1, 0.15) is 5.75 Å². The lowest BCUT2D eigenvalue weighted by atomic mass is 10.2. The van der Waals surface area contributed by atoms with Crippen molar-refractivity contribution in [2.75, 3.05) is 31.1 Å². The molecular weight excluding hydrogens is 402 g/mol. The summed E-state index contributed by atoms with van der Waals surface area (Å²) in [5.74, 6) is 0.257. The first-order valence-electron chi connectivity index (χ1n) is 10.1. The van der Waals surface area contributed by atoms with Gasteiger partial charge in [-0.25, -0.2) is 8.42 Å². The summed E-state index contributed by atoms with van der Waals surface area (Å²) in [6, 6.07) is 13.7. The van der Waals surface area contributed by atoms with Crippen LogP contribution in [0.15, 0.2) is 47.4 Å². The molecule has 0 unspecified atom stereocenters. The fraction of sp³-hybridized carbons (Fsp3) is 0.364. The third kappa shape index (κ3) is 4.04. The summed E-state index contributed by atoms with van der Waals surface area (Å²) in [7, 11) is -3.50. The summed E-state index contributed by atoms with van der Waals surface area (Å²) >= 11 is 0. The predicted octanol–water partition coefficient (Wildman–Crippen LogP) is 2.70. The highest BCUT2D eigenvalue weighted by molar-refractivity contribution is 7.89. The van der Waals surface area contributed by atoms with Gasteiger partial charge in [-0.1, -0.05) is 12.5 Å². The molecule has 2 heterocycles. The summed E-state index contributed by atoms with van der Waals surface area (Å²) in [6.07, 6.45) is 3.46. The second kappa shape index (κ2) is 8.46. The Hall–Kier alpha value is -2.89. The quantitative estimate of drug-likeness (QED) is 0.735.